The van der Waals surface area contributed by atoms with Crippen LogP contribution in [0.3, 0.4) is 0 Å². The molecule has 0 saturated carbocycles. The van der Waals surface area contributed by atoms with E-state index in [1.165, 1.54) is 6.26 Å². The molecular formula is C12H21NO3S. The van der Waals surface area contributed by atoms with Crippen LogP contribution in [0.1, 0.15) is 38.3 Å². The fourth-order valence-electron chi connectivity index (χ4n) is 1.72. The standard InChI is InChI=1S/C12H21NO3S/c1-6-13-11(10-8-7-9(2)16-10)12(3,4)17(5,14)15/h7-8,11,13H,6H2,1-5H3. The smallest absolute Gasteiger partial charge is 0.154 e. The van der Waals surface area contributed by atoms with Crippen molar-refractivity contribution in [2.75, 3.05) is 12.8 Å². The monoisotopic (exact) mass is 259 g/mol. The lowest BCUT2D eigenvalue weighted by atomic mass is 10.0. The summed E-state index contributed by atoms with van der Waals surface area (Å²) in [5.41, 5.74) is 0. The Labute approximate surface area is 103 Å². The van der Waals surface area contributed by atoms with Crippen LogP contribution in [0, 0.1) is 6.92 Å². The first-order valence-corrected chi connectivity index (χ1v) is 7.58. The van der Waals surface area contributed by atoms with Crippen LogP contribution in [0.15, 0.2) is 16.5 Å². The fraction of sp³-hybridized carbons (Fsp3) is 0.667. The van der Waals surface area contributed by atoms with Crippen molar-refractivity contribution in [3.8, 4) is 0 Å². The van der Waals surface area contributed by atoms with Gasteiger partial charge in [0.15, 0.2) is 9.84 Å². The number of furan rings is 1. The quantitative estimate of drug-likeness (QED) is 0.879. The second-order valence-corrected chi connectivity index (χ2v) is 7.41. The highest BCUT2D eigenvalue weighted by molar-refractivity contribution is 7.92. The summed E-state index contributed by atoms with van der Waals surface area (Å²) in [5.74, 6) is 1.45. The molecule has 0 aliphatic rings. The number of rotatable bonds is 5. The summed E-state index contributed by atoms with van der Waals surface area (Å²) in [7, 11) is -3.19. The van der Waals surface area contributed by atoms with Gasteiger partial charge in [0, 0.05) is 6.26 Å². The summed E-state index contributed by atoms with van der Waals surface area (Å²) >= 11 is 0. The summed E-state index contributed by atoms with van der Waals surface area (Å²) in [5, 5.41) is 3.19. The predicted octanol–water partition coefficient (Wildman–Crippen LogP) is 2.06. The Hall–Kier alpha value is -0.810. The Balaban J connectivity index is 3.18. The van der Waals surface area contributed by atoms with Gasteiger partial charge in [0.25, 0.3) is 0 Å². The van der Waals surface area contributed by atoms with Crippen molar-refractivity contribution in [1.82, 2.24) is 5.32 Å². The maximum Gasteiger partial charge on any atom is 0.154 e. The molecule has 1 aromatic heterocycles. The third kappa shape index (κ3) is 2.90. The number of sulfone groups is 1. The van der Waals surface area contributed by atoms with Gasteiger partial charge >= 0.3 is 0 Å². The third-order valence-corrected chi connectivity index (χ3v) is 5.25. The number of hydrogen-bond acceptors (Lipinski definition) is 4. The van der Waals surface area contributed by atoms with Gasteiger partial charge in [-0.05, 0) is 39.4 Å². The molecule has 98 valence electrons. The van der Waals surface area contributed by atoms with Crippen LogP contribution < -0.4 is 5.32 Å². The van der Waals surface area contributed by atoms with Gasteiger partial charge in [-0.3, -0.25) is 0 Å². The molecule has 5 heteroatoms. The normalized spacial score (nSPS) is 14.9. The van der Waals surface area contributed by atoms with E-state index < -0.39 is 14.6 Å². The molecule has 1 atom stereocenters. The topological polar surface area (TPSA) is 59.3 Å². The first kappa shape index (κ1) is 14.3. The van der Waals surface area contributed by atoms with Crippen molar-refractivity contribution in [3.63, 3.8) is 0 Å². The molecule has 0 aliphatic carbocycles. The van der Waals surface area contributed by atoms with Gasteiger partial charge in [-0.25, -0.2) is 8.42 Å². The summed E-state index contributed by atoms with van der Waals surface area (Å²) in [6.45, 7) is 7.91. The molecule has 1 aromatic rings. The van der Waals surface area contributed by atoms with Gasteiger partial charge < -0.3 is 9.73 Å². The lowest BCUT2D eigenvalue weighted by molar-refractivity contribution is 0.350. The Morgan fingerprint density at radius 2 is 2.00 bits per heavy atom. The van der Waals surface area contributed by atoms with E-state index in [-0.39, 0.29) is 6.04 Å². The molecule has 1 rings (SSSR count). The van der Waals surface area contributed by atoms with Crippen molar-refractivity contribution in [1.29, 1.82) is 0 Å². The Bertz CT molecular complexity index is 474. The minimum absolute atomic E-state index is 0.337. The minimum Gasteiger partial charge on any atom is -0.465 e. The molecule has 1 N–H and O–H groups in total. The van der Waals surface area contributed by atoms with Gasteiger partial charge in [-0.15, -0.1) is 0 Å². The van der Waals surface area contributed by atoms with Gasteiger partial charge in [0.2, 0.25) is 0 Å². The maximum atomic E-state index is 11.9. The lowest BCUT2D eigenvalue weighted by Gasteiger charge is -2.31. The second-order valence-electron chi connectivity index (χ2n) is 4.81. The molecule has 17 heavy (non-hydrogen) atoms. The van der Waals surface area contributed by atoms with E-state index in [0.29, 0.717) is 12.3 Å². The first-order chi connectivity index (χ1) is 7.70. The molecule has 0 amide bonds. The van der Waals surface area contributed by atoms with Gasteiger partial charge in [0.1, 0.15) is 11.5 Å². The first-order valence-electron chi connectivity index (χ1n) is 5.69. The molecule has 0 aromatic carbocycles. The van der Waals surface area contributed by atoms with Gasteiger partial charge in [-0.2, -0.15) is 0 Å². The highest BCUT2D eigenvalue weighted by Gasteiger charge is 2.41. The van der Waals surface area contributed by atoms with Crippen LogP contribution in [-0.2, 0) is 9.84 Å². The fourth-order valence-corrected chi connectivity index (χ4v) is 2.34. The average molecular weight is 259 g/mol. The summed E-state index contributed by atoms with van der Waals surface area (Å²) in [6.07, 6.45) is 1.26. The number of nitrogens with one attached hydrogen (secondary N) is 1. The van der Waals surface area contributed by atoms with Crippen molar-refractivity contribution < 1.29 is 12.8 Å². The number of aryl methyl sites for hydroxylation is 1. The van der Waals surface area contributed by atoms with Crippen LogP contribution in [0.4, 0.5) is 0 Å². The van der Waals surface area contributed by atoms with E-state index in [1.807, 2.05) is 26.0 Å². The summed E-state index contributed by atoms with van der Waals surface area (Å²) in [4.78, 5) is 0. The molecule has 0 fully saturated rings. The van der Waals surface area contributed by atoms with Crippen LogP contribution in [0.2, 0.25) is 0 Å². The van der Waals surface area contributed by atoms with Crippen molar-refractivity contribution in [2.45, 2.75) is 38.5 Å². The molecule has 0 spiro atoms. The zero-order valence-corrected chi connectivity index (χ0v) is 11.9. The Morgan fingerprint density at radius 3 is 2.35 bits per heavy atom. The second kappa shape index (κ2) is 4.82. The average Bonchev–Trinajstić information content (AvgIpc) is 2.58. The summed E-state index contributed by atoms with van der Waals surface area (Å²) < 4.78 is 28.4. The predicted molar refractivity (Wildman–Crippen MR) is 68.8 cm³/mol. The van der Waals surface area contributed by atoms with Crippen molar-refractivity contribution in [2.24, 2.45) is 0 Å². The number of hydrogen-bond donors (Lipinski definition) is 1. The Kier molecular flexibility index (Phi) is 4.04. The zero-order valence-electron chi connectivity index (χ0n) is 11.1. The summed E-state index contributed by atoms with van der Waals surface area (Å²) in [6, 6.07) is 3.34. The van der Waals surface area contributed by atoms with E-state index in [2.05, 4.69) is 5.32 Å². The molecule has 4 nitrogen and oxygen atoms in total. The van der Waals surface area contributed by atoms with Crippen LogP contribution >= 0.6 is 0 Å². The molecule has 1 unspecified atom stereocenters. The van der Waals surface area contributed by atoms with E-state index in [0.717, 1.165) is 5.76 Å². The van der Waals surface area contributed by atoms with Crippen LogP contribution in [0.5, 0.6) is 0 Å². The van der Waals surface area contributed by atoms with Gasteiger partial charge in [0.05, 0.1) is 10.8 Å². The molecular weight excluding hydrogens is 238 g/mol. The molecule has 0 bridgehead atoms. The maximum absolute atomic E-state index is 11.9. The van der Waals surface area contributed by atoms with E-state index in [4.69, 9.17) is 4.42 Å². The highest BCUT2D eigenvalue weighted by atomic mass is 32.2. The Morgan fingerprint density at radius 1 is 1.41 bits per heavy atom. The lowest BCUT2D eigenvalue weighted by Crippen LogP contribution is -2.44. The molecule has 1 heterocycles. The van der Waals surface area contributed by atoms with Crippen molar-refractivity contribution in [3.05, 3.63) is 23.7 Å². The van der Waals surface area contributed by atoms with E-state index in [1.54, 1.807) is 13.8 Å². The van der Waals surface area contributed by atoms with Crippen molar-refractivity contribution >= 4 is 9.84 Å². The largest absolute Gasteiger partial charge is 0.465 e. The molecule has 0 aliphatic heterocycles. The molecule has 0 saturated heterocycles. The zero-order chi connectivity index (χ0) is 13.3. The van der Waals surface area contributed by atoms with Crippen LogP contribution in [0.25, 0.3) is 0 Å². The SMILES string of the molecule is CCNC(c1ccc(C)o1)C(C)(C)S(C)(=O)=O. The third-order valence-electron chi connectivity index (χ3n) is 3.10. The van der Waals surface area contributed by atoms with E-state index >= 15 is 0 Å². The van der Waals surface area contributed by atoms with Crippen LogP contribution in [-0.4, -0.2) is 26.0 Å². The molecule has 0 radical (unpaired) electrons. The van der Waals surface area contributed by atoms with E-state index in [9.17, 15) is 8.42 Å². The van der Waals surface area contributed by atoms with Gasteiger partial charge in [-0.1, -0.05) is 6.92 Å². The highest BCUT2D eigenvalue weighted by Crippen LogP contribution is 2.32. The minimum atomic E-state index is -3.19.